The molecule has 2 fully saturated rings. The monoisotopic (exact) mass is 485 g/mol. The van der Waals surface area contributed by atoms with Gasteiger partial charge in [0.25, 0.3) is 0 Å². The number of rotatable bonds is 9. The maximum absolute atomic E-state index is 13.5. The van der Waals surface area contributed by atoms with Crippen LogP contribution in [0.15, 0.2) is 91.0 Å². The molecule has 1 saturated carbocycles. The molecule has 5 rings (SSSR count). The number of ether oxygens (including phenoxy) is 3. The Bertz CT molecular complexity index is 1170. The zero-order valence-corrected chi connectivity index (χ0v) is 20.4. The van der Waals surface area contributed by atoms with Crippen molar-refractivity contribution in [3.8, 4) is 0 Å². The van der Waals surface area contributed by atoms with Crippen molar-refractivity contribution in [2.75, 3.05) is 13.2 Å². The summed E-state index contributed by atoms with van der Waals surface area (Å²) >= 11 is 0. The van der Waals surface area contributed by atoms with Crippen LogP contribution in [0.2, 0.25) is 0 Å². The van der Waals surface area contributed by atoms with E-state index in [1.54, 1.807) is 4.90 Å². The summed E-state index contributed by atoms with van der Waals surface area (Å²) in [5.74, 6) is 0.0551. The maximum Gasteiger partial charge on any atom is 0.411 e. The van der Waals surface area contributed by atoms with Crippen molar-refractivity contribution >= 4 is 11.9 Å². The molecule has 0 aromatic heterocycles. The van der Waals surface area contributed by atoms with Crippen LogP contribution >= 0.6 is 0 Å². The van der Waals surface area contributed by atoms with Crippen molar-refractivity contribution in [3.05, 3.63) is 108 Å². The number of benzene rings is 3. The van der Waals surface area contributed by atoms with E-state index in [0.717, 1.165) is 16.7 Å². The average Bonchev–Trinajstić information content (AvgIpc) is 3.41. The van der Waals surface area contributed by atoms with Gasteiger partial charge in [0.1, 0.15) is 17.4 Å². The van der Waals surface area contributed by atoms with Gasteiger partial charge in [-0.25, -0.2) is 4.79 Å². The molecular formula is C30H31NO5. The summed E-state index contributed by atoms with van der Waals surface area (Å²) in [5, 5.41) is 0. The molecular weight excluding hydrogens is 454 g/mol. The fourth-order valence-electron chi connectivity index (χ4n) is 5.51. The molecule has 6 nitrogen and oxygen atoms in total. The molecule has 1 amide bonds. The van der Waals surface area contributed by atoms with Crippen LogP contribution in [-0.2, 0) is 25.6 Å². The van der Waals surface area contributed by atoms with Gasteiger partial charge in [0.2, 0.25) is 0 Å². The van der Waals surface area contributed by atoms with Gasteiger partial charge in [0.15, 0.2) is 6.10 Å². The lowest BCUT2D eigenvalue weighted by molar-refractivity contribution is -0.132. The Morgan fingerprint density at radius 3 is 2.14 bits per heavy atom. The van der Waals surface area contributed by atoms with Gasteiger partial charge in [-0.3, -0.25) is 9.69 Å². The second-order valence-electron chi connectivity index (χ2n) is 9.39. The van der Waals surface area contributed by atoms with E-state index in [1.807, 2.05) is 97.9 Å². The van der Waals surface area contributed by atoms with E-state index in [-0.39, 0.29) is 25.2 Å². The van der Waals surface area contributed by atoms with E-state index < -0.39 is 29.9 Å². The predicted molar refractivity (Wildman–Crippen MR) is 135 cm³/mol. The van der Waals surface area contributed by atoms with Gasteiger partial charge in [0, 0.05) is 19.4 Å². The van der Waals surface area contributed by atoms with E-state index in [0.29, 0.717) is 13.2 Å². The van der Waals surface area contributed by atoms with Crippen molar-refractivity contribution in [3.63, 3.8) is 0 Å². The highest BCUT2D eigenvalue weighted by Gasteiger charge is 2.58. The van der Waals surface area contributed by atoms with Crippen LogP contribution < -0.4 is 0 Å². The number of amides is 1. The van der Waals surface area contributed by atoms with Gasteiger partial charge in [-0.1, -0.05) is 91.0 Å². The van der Waals surface area contributed by atoms with Gasteiger partial charge < -0.3 is 14.2 Å². The summed E-state index contributed by atoms with van der Waals surface area (Å²) in [7, 11) is 0. The minimum Gasteiger partial charge on any atom is -0.439 e. The molecule has 0 spiro atoms. The Labute approximate surface area is 211 Å². The highest BCUT2D eigenvalue weighted by atomic mass is 16.6. The molecule has 1 aliphatic carbocycles. The van der Waals surface area contributed by atoms with Gasteiger partial charge in [-0.15, -0.1) is 0 Å². The summed E-state index contributed by atoms with van der Waals surface area (Å²) in [5.41, 5.74) is 1.95. The topological polar surface area (TPSA) is 65.1 Å². The number of Topliss-reactive ketones (excluding diaryl/α,β-unsaturated/α-hetero) is 1. The molecule has 3 aromatic rings. The lowest BCUT2D eigenvalue weighted by atomic mass is 9.90. The molecule has 2 aliphatic rings. The first kappa shape index (κ1) is 24.2. The predicted octanol–water partition coefficient (Wildman–Crippen LogP) is 5.64. The molecule has 1 heterocycles. The lowest BCUT2D eigenvalue weighted by Gasteiger charge is -2.40. The first-order valence-corrected chi connectivity index (χ1v) is 12.5. The highest BCUT2D eigenvalue weighted by molar-refractivity contribution is 5.85. The van der Waals surface area contributed by atoms with Gasteiger partial charge in [-0.2, -0.15) is 0 Å². The third kappa shape index (κ3) is 4.79. The Morgan fingerprint density at radius 1 is 0.889 bits per heavy atom. The molecule has 6 heteroatoms. The maximum atomic E-state index is 13.5. The summed E-state index contributed by atoms with van der Waals surface area (Å²) in [4.78, 5) is 28.2. The molecule has 1 aliphatic heterocycles. The van der Waals surface area contributed by atoms with Crippen molar-refractivity contribution in [1.29, 1.82) is 0 Å². The third-order valence-electron chi connectivity index (χ3n) is 7.04. The average molecular weight is 486 g/mol. The minimum absolute atomic E-state index is 0.0551. The standard InChI is InChI=1S/C30H31NO5/c1-2-35-30(21-34-20-22-12-6-3-7-13-22)19-25(32)18-26(30)31-27(23-14-8-4-9-15-23)28(36-29(31)33)24-16-10-5-11-17-24/h3-17,26-28H,2,18-21H2,1H3/t26-,27-,28+,30+/m1/s1. The Morgan fingerprint density at radius 2 is 1.50 bits per heavy atom. The van der Waals surface area contributed by atoms with E-state index in [4.69, 9.17) is 14.2 Å². The number of hydrogen-bond acceptors (Lipinski definition) is 5. The van der Waals surface area contributed by atoms with E-state index >= 15 is 0 Å². The van der Waals surface area contributed by atoms with Gasteiger partial charge >= 0.3 is 6.09 Å². The molecule has 0 radical (unpaired) electrons. The quantitative estimate of drug-likeness (QED) is 0.392. The zero-order chi connectivity index (χ0) is 25.0. The largest absolute Gasteiger partial charge is 0.439 e. The van der Waals surface area contributed by atoms with Gasteiger partial charge in [0.05, 0.1) is 19.3 Å². The second-order valence-corrected chi connectivity index (χ2v) is 9.39. The fraction of sp³-hybridized carbons (Fsp3) is 0.333. The number of carbonyl (C=O) groups is 2. The second kappa shape index (κ2) is 10.6. The summed E-state index contributed by atoms with van der Waals surface area (Å²) in [6, 6.07) is 28.6. The first-order valence-electron chi connectivity index (χ1n) is 12.5. The van der Waals surface area contributed by atoms with Crippen LogP contribution in [-0.4, -0.2) is 41.6 Å². The molecule has 36 heavy (non-hydrogen) atoms. The minimum atomic E-state index is -0.946. The van der Waals surface area contributed by atoms with Crippen LogP contribution in [0.3, 0.4) is 0 Å². The third-order valence-corrected chi connectivity index (χ3v) is 7.04. The van der Waals surface area contributed by atoms with E-state index in [1.165, 1.54) is 0 Å². The molecule has 0 N–H and O–H groups in total. The van der Waals surface area contributed by atoms with Crippen molar-refractivity contribution in [1.82, 2.24) is 4.90 Å². The molecule has 0 unspecified atom stereocenters. The summed E-state index contributed by atoms with van der Waals surface area (Å²) < 4.78 is 18.4. The van der Waals surface area contributed by atoms with Gasteiger partial charge in [-0.05, 0) is 23.6 Å². The van der Waals surface area contributed by atoms with Crippen molar-refractivity contribution < 1.29 is 23.8 Å². The van der Waals surface area contributed by atoms with Crippen LogP contribution in [0.1, 0.15) is 48.6 Å². The summed E-state index contributed by atoms with van der Waals surface area (Å²) in [6.07, 6.45) is -0.540. The van der Waals surface area contributed by atoms with Crippen LogP contribution in [0.4, 0.5) is 4.79 Å². The number of nitrogens with zero attached hydrogens (tertiary/aromatic N) is 1. The van der Waals surface area contributed by atoms with Crippen molar-refractivity contribution in [2.24, 2.45) is 0 Å². The first-order chi connectivity index (χ1) is 17.6. The van der Waals surface area contributed by atoms with Crippen LogP contribution in [0.25, 0.3) is 0 Å². The molecule has 186 valence electrons. The Hall–Kier alpha value is -3.48. The number of ketones is 1. The SMILES string of the molecule is CCO[C@]1(COCc2ccccc2)CC(=O)C[C@H]1N1C(=O)O[C@@H](c2ccccc2)[C@H]1c1ccccc1. The highest BCUT2D eigenvalue weighted by Crippen LogP contribution is 2.49. The molecule has 0 bridgehead atoms. The summed E-state index contributed by atoms with van der Waals surface area (Å²) in [6.45, 7) is 2.91. The normalized spacial score (nSPS) is 25.8. The van der Waals surface area contributed by atoms with Crippen LogP contribution in [0.5, 0.6) is 0 Å². The van der Waals surface area contributed by atoms with E-state index in [9.17, 15) is 9.59 Å². The Kier molecular flexibility index (Phi) is 7.16. The molecule has 3 aromatic carbocycles. The lowest BCUT2D eigenvalue weighted by Crippen LogP contribution is -2.54. The van der Waals surface area contributed by atoms with Crippen LogP contribution in [0, 0.1) is 0 Å². The van der Waals surface area contributed by atoms with Crippen molar-refractivity contribution in [2.45, 2.75) is 50.2 Å². The number of hydrogen-bond donors (Lipinski definition) is 0. The number of carbonyl (C=O) groups excluding carboxylic acids is 2. The molecule has 1 saturated heterocycles. The fourth-order valence-corrected chi connectivity index (χ4v) is 5.51. The number of cyclic esters (lactones) is 1. The molecule has 4 atom stereocenters. The zero-order valence-electron chi connectivity index (χ0n) is 20.4. The smallest absolute Gasteiger partial charge is 0.411 e. The van der Waals surface area contributed by atoms with E-state index in [2.05, 4.69) is 0 Å². The Balaban J connectivity index is 1.49.